The Morgan fingerprint density at radius 1 is 1.27 bits per heavy atom. The van der Waals surface area contributed by atoms with E-state index in [0.717, 1.165) is 0 Å². The van der Waals surface area contributed by atoms with Crippen LogP contribution in [0.4, 0.5) is 16.0 Å². The number of hydrogen-bond donors (Lipinski definition) is 2. The van der Waals surface area contributed by atoms with Gasteiger partial charge in [0.25, 0.3) is 5.56 Å². The molecule has 33 heavy (non-hydrogen) atoms. The number of aromatic carboxylic acids is 1. The molecule has 4 rings (SSSR count). The van der Waals surface area contributed by atoms with Gasteiger partial charge in [0.2, 0.25) is 5.95 Å². The number of carbonyl (C=O) groups is 1. The predicted molar refractivity (Wildman–Crippen MR) is 127 cm³/mol. The SMILES string of the molecule is C[C@@H](Nc1ccc(Cl)nc1C(=O)O)c1cc(Cl)cc2c(=O)n(C)c(N3C[C@@H](F)[C@@H](C)C3)nc12. The quantitative estimate of drug-likeness (QED) is 0.510. The molecule has 1 saturated heterocycles. The average molecular weight is 494 g/mol. The molecule has 0 aliphatic carbocycles. The lowest BCUT2D eigenvalue weighted by Crippen LogP contribution is -2.31. The van der Waals surface area contributed by atoms with Crippen molar-refractivity contribution in [1.82, 2.24) is 14.5 Å². The van der Waals surface area contributed by atoms with E-state index < -0.39 is 18.2 Å². The lowest BCUT2D eigenvalue weighted by Gasteiger charge is -2.23. The van der Waals surface area contributed by atoms with E-state index in [0.29, 0.717) is 34.0 Å². The number of anilines is 2. The fourth-order valence-electron chi connectivity index (χ4n) is 4.08. The van der Waals surface area contributed by atoms with Crippen LogP contribution in [0.3, 0.4) is 0 Å². The second kappa shape index (κ2) is 8.79. The first-order chi connectivity index (χ1) is 15.6. The molecule has 0 amide bonds. The van der Waals surface area contributed by atoms with Crippen LogP contribution < -0.4 is 15.8 Å². The van der Waals surface area contributed by atoms with Crippen molar-refractivity contribution in [2.24, 2.45) is 13.0 Å². The van der Waals surface area contributed by atoms with Gasteiger partial charge in [0, 0.05) is 30.1 Å². The highest BCUT2D eigenvalue weighted by Gasteiger charge is 2.32. The van der Waals surface area contributed by atoms with Crippen molar-refractivity contribution in [2.45, 2.75) is 26.1 Å². The predicted octanol–water partition coefficient (Wildman–Crippen LogP) is 4.30. The van der Waals surface area contributed by atoms with E-state index in [1.807, 2.05) is 6.92 Å². The Bertz CT molecular complexity index is 1310. The topological polar surface area (TPSA) is 100 Å². The molecule has 1 aliphatic heterocycles. The summed E-state index contributed by atoms with van der Waals surface area (Å²) in [5.41, 5.74) is 0.717. The summed E-state index contributed by atoms with van der Waals surface area (Å²) in [7, 11) is 1.60. The van der Waals surface area contributed by atoms with Crippen molar-refractivity contribution in [3.8, 4) is 0 Å². The van der Waals surface area contributed by atoms with Crippen molar-refractivity contribution in [3.63, 3.8) is 0 Å². The summed E-state index contributed by atoms with van der Waals surface area (Å²) in [4.78, 5) is 35.1. The minimum absolute atomic E-state index is 0.0552. The molecule has 0 saturated carbocycles. The molecule has 11 heteroatoms. The molecule has 0 spiro atoms. The lowest BCUT2D eigenvalue weighted by atomic mass is 10.0. The molecule has 3 atom stereocenters. The van der Waals surface area contributed by atoms with Crippen molar-refractivity contribution < 1.29 is 14.3 Å². The number of rotatable bonds is 5. The van der Waals surface area contributed by atoms with Gasteiger partial charge in [-0.2, -0.15) is 0 Å². The van der Waals surface area contributed by atoms with Crippen LogP contribution in [0, 0.1) is 5.92 Å². The summed E-state index contributed by atoms with van der Waals surface area (Å²) in [5.74, 6) is -1.04. The zero-order chi connectivity index (χ0) is 24.0. The Kier molecular flexibility index (Phi) is 6.20. The number of hydrogen-bond acceptors (Lipinski definition) is 6. The molecule has 2 aromatic heterocycles. The van der Waals surface area contributed by atoms with E-state index in [2.05, 4.69) is 10.3 Å². The molecule has 0 unspecified atom stereocenters. The number of alkyl halides is 1. The van der Waals surface area contributed by atoms with E-state index >= 15 is 0 Å². The molecule has 3 heterocycles. The van der Waals surface area contributed by atoms with Crippen LogP contribution in [0.15, 0.2) is 29.1 Å². The Morgan fingerprint density at radius 3 is 2.64 bits per heavy atom. The van der Waals surface area contributed by atoms with E-state index in [9.17, 15) is 19.1 Å². The zero-order valence-electron chi connectivity index (χ0n) is 18.1. The molecular formula is C22H22Cl2FN5O3. The minimum atomic E-state index is -1.23. The van der Waals surface area contributed by atoms with Crippen LogP contribution in [0.2, 0.25) is 10.2 Å². The van der Waals surface area contributed by atoms with Gasteiger partial charge < -0.3 is 15.3 Å². The van der Waals surface area contributed by atoms with Crippen LogP contribution in [0.5, 0.6) is 0 Å². The molecule has 1 aliphatic rings. The molecule has 0 bridgehead atoms. The van der Waals surface area contributed by atoms with E-state index in [4.69, 9.17) is 28.2 Å². The van der Waals surface area contributed by atoms with Crippen LogP contribution in [0.1, 0.15) is 35.9 Å². The molecule has 1 fully saturated rings. The fraction of sp³-hybridized carbons (Fsp3) is 0.364. The first-order valence-corrected chi connectivity index (χ1v) is 11.1. The lowest BCUT2D eigenvalue weighted by molar-refractivity contribution is 0.0691. The Balaban J connectivity index is 1.82. The molecule has 2 N–H and O–H groups in total. The summed E-state index contributed by atoms with van der Waals surface area (Å²) in [6.45, 7) is 4.21. The Hall–Kier alpha value is -2.91. The maximum atomic E-state index is 14.2. The number of nitrogens with one attached hydrogen (secondary N) is 1. The van der Waals surface area contributed by atoms with Gasteiger partial charge in [0.15, 0.2) is 5.69 Å². The zero-order valence-corrected chi connectivity index (χ0v) is 19.7. The summed E-state index contributed by atoms with van der Waals surface area (Å²) in [6, 6.07) is 5.72. The van der Waals surface area contributed by atoms with Crippen LogP contribution >= 0.6 is 23.2 Å². The van der Waals surface area contributed by atoms with Gasteiger partial charge in [-0.3, -0.25) is 9.36 Å². The normalized spacial score (nSPS) is 19.2. The van der Waals surface area contributed by atoms with Gasteiger partial charge in [0.1, 0.15) is 11.3 Å². The van der Waals surface area contributed by atoms with Crippen LogP contribution in [0.25, 0.3) is 10.9 Å². The minimum Gasteiger partial charge on any atom is -0.476 e. The first kappa shape index (κ1) is 23.3. The number of carboxylic acid groups (broad SMARTS) is 1. The Morgan fingerprint density at radius 2 is 2.00 bits per heavy atom. The van der Waals surface area contributed by atoms with Crippen molar-refractivity contribution in [1.29, 1.82) is 0 Å². The number of carboxylic acids is 1. The number of benzene rings is 1. The van der Waals surface area contributed by atoms with Crippen molar-refractivity contribution in [2.75, 3.05) is 23.3 Å². The van der Waals surface area contributed by atoms with E-state index in [1.54, 1.807) is 31.0 Å². The van der Waals surface area contributed by atoms with E-state index in [-0.39, 0.29) is 34.6 Å². The maximum absolute atomic E-state index is 14.2. The van der Waals surface area contributed by atoms with Gasteiger partial charge in [-0.15, -0.1) is 0 Å². The smallest absolute Gasteiger partial charge is 0.356 e. The molecule has 8 nitrogen and oxygen atoms in total. The van der Waals surface area contributed by atoms with Crippen LogP contribution in [-0.2, 0) is 7.05 Å². The summed E-state index contributed by atoms with van der Waals surface area (Å²) in [6.07, 6.45) is -1.00. The van der Waals surface area contributed by atoms with Gasteiger partial charge in [0.05, 0.1) is 29.2 Å². The third kappa shape index (κ3) is 4.35. The maximum Gasteiger partial charge on any atom is 0.356 e. The van der Waals surface area contributed by atoms with Gasteiger partial charge in [-0.05, 0) is 31.2 Å². The summed E-state index contributed by atoms with van der Waals surface area (Å²) in [5, 5.41) is 13.3. The molecule has 3 aromatic rings. The third-order valence-electron chi connectivity index (χ3n) is 5.86. The monoisotopic (exact) mass is 493 g/mol. The number of halogens is 3. The highest BCUT2D eigenvalue weighted by molar-refractivity contribution is 6.31. The van der Waals surface area contributed by atoms with Crippen LogP contribution in [-0.4, -0.2) is 44.9 Å². The number of fused-ring (bicyclic) bond motifs is 1. The first-order valence-electron chi connectivity index (χ1n) is 10.3. The van der Waals surface area contributed by atoms with Crippen molar-refractivity contribution in [3.05, 3.63) is 56.1 Å². The largest absolute Gasteiger partial charge is 0.476 e. The number of nitrogens with zero attached hydrogens (tertiary/aromatic N) is 4. The van der Waals surface area contributed by atoms with E-state index in [1.165, 1.54) is 16.7 Å². The van der Waals surface area contributed by atoms with Gasteiger partial charge in [-0.1, -0.05) is 30.1 Å². The fourth-order valence-corrected chi connectivity index (χ4v) is 4.46. The van der Waals surface area contributed by atoms with Gasteiger partial charge >= 0.3 is 5.97 Å². The standard InChI is InChI=1S/C22H22Cl2FN5O3/c1-10-8-30(9-15(10)25)22-28-18-13(6-12(23)7-14(18)20(31)29(22)3)11(2)26-16-4-5-17(24)27-19(16)21(32)33/h4-7,10-11,15,26H,8-9H2,1-3H3,(H,32,33)/t10-,11+,15+/m0/s1. The number of aromatic nitrogens is 3. The van der Waals surface area contributed by atoms with Gasteiger partial charge in [-0.25, -0.2) is 19.2 Å². The second-order valence-corrected chi connectivity index (χ2v) is 9.09. The number of pyridine rings is 1. The molecule has 0 radical (unpaired) electrons. The molecule has 1 aromatic carbocycles. The average Bonchev–Trinajstić information content (AvgIpc) is 3.09. The summed E-state index contributed by atoms with van der Waals surface area (Å²) >= 11 is 12.2. The summed E-state index contributed by atoms with van der Waals surface area (Å²) < 4.78 is 15.6. The molecule has 174 valence electrons. The third-order valence-corrected chi connectivity index (χ3v) is 6.29. The Labute approximate surface area is 199 Å². The second-order valence-electron chi connectivity index (χ2n) is 8.27. The molecular weight excluding hydrogens is 472 g/mol. The highest BCUT2D eigenvalue weighted by Crippen LogP contribution is 2.31. The van der Waals surface area contributed by atoms with Crippen molar-refractivity contribution >= 4 is 51.7 Å². The highest BCUT2D eigenvalue weighted by atomic mass is 35.5.